The fourth-order valence-electron chi connectivity index (χ4n) is 3.10. The van der Waals surface area contributed by atoms with Crippen LogP contribution in [-0.4, -0.2) is 43.0 Å². The van der Waals surface area contributed by atoms with Crippen molar-refractivity contribution in [2.45, 2.75) is 26.8 Å². The van der Waals surface area contributed by atoms with Crippen molar-refractivity contribution < 1.29 is 23.5 Å². The van der Waals surface area contributed by atoms with Crippen molar-refractivity contribution in [1.29, 1.82) is 0 Å². The summed E-state index contributed by atoms with van der Waals surface area (Å²) < 4.78 is 17.0. The number of rotatable bonds is 7. The Hall–Kier alpha value is -2.48. The number of carbonyl (C=O) groups excluding carboxylic acids is 2. The number of nitrogens with zero attached hydrogens (tertiary/aromatic N) is 1. The summed E-state index contributed by atoms with van der Waals surface area (Å²) >= 11 is 3.15. The number of furan rings is 1. The quantitative estimate of drug-likeness (QED) is 0.700. The molecule has 2 heterocycles. The SMILES string of the molecule is CCOc1cc2c(cc1OCC)CN(C(=O)CNC(=O)c1ccc(Br)o1)CC2. The van der Waals surface area contributed by atoms with Gasteiger partial charge < -0.3 is 24.1 Å². The Labute approximate surface area is 172 Å². The first kappa shape index (κ1) is 20.3. The maximum absolute atomic E-state index is 12.5. The smallest absolute Gasteiger partial charge is 0.287 e. The summed E-state index contributed by atoms with van der Waals surface area (Å²) in [5, 5.41) is 2.60. The molecular weight excluding hydrogens is 428 g/mol. The average molecular weight is 451 g/mol. The van der Waals surface area contributed by atoms with Gasteiger partial charge >= 0.3 is 0 Å². The average Bonchev–Trinajstić information content (AvgIpc) is 3.13. The minimum Gasteiger partial charge on any atom is -0.490 e. The van der Waals surface area contributed by atoms with Crippen LogP contribution in [0.5, 0.6) is 11.5 Å². The van der Waals surface area contributed by atoms with E-state index >= 15 is 0 Å². The summed E-state index contributed by atoms with van der Waals surface area (Å²) in [6.45, 7) is 5.95. The molecule has 7 nitrogen and oxygen atoms in total. The maximum Gasteiger partial charge on any atom is 0.287 e. The van der Waals surface area contributed by atoms with E-state index in [4.69, 9.17) is 13.9 Å². The number of nitrogens with one attached hydrogen (secondary N) is 1. The van der Waals surface area contributed by atoms with Gasteiger partial charge in [0.25, 0.3) is 5.91 Å². The highest BCUT2D eigenvalue weighted by molar-refractivity contribution is 9.10. The highest BCUT2D eigenvalue weighted by Gasteiger charge is 2.23. The van der Waals surface area contributed by atoms with Crippen molar-refractivity contribution in [2.24, 2.45) is 0 Å². The number of hydrogen-bond acceptors (Lipinski definition) is 5. The molecule has 2 amide bonds. The lowest BCUT2D eigenvalue weighted by Gasteiger charge is -2.30. The monoisotopic (exact) mass is 450 g/mol. The van der Waals surface area contributed by atoms with Crippen molar-refractivity contribution in [3.05, 3.63) is 45.8 Å². The lowest BCUT2D eigenvalue weighted by molar-refractivity contribution is -0.131. The van der Waals surface area contributed by atoms with Gasteiger partial charge in [0, 0.05) is 13.1 Å². The van der Waals surface area contributed by atoms with Gasteiger partial charge in [0.15, 0.2) is 21.9 Å². The Morgan fingerprint density at radius 3 is 2.43 bits per heavy atom. The molecule has 1 N–H and O–H groups in total. The molecule has 28 heavy (non-hydrogen) atoms. The molecule has 1 aliphatic heterocycles. The van der Waals surface area contributed by atoms with Gasteiger partial charge in [0.1, 0.15) is 0 Å². The zero-order chi connectivity index (χ0) is 20.1. The van der Waals surface area contributed by atoms with Gasteiger partial charge in [-0.1, -0.05) is 0 Å². The molecule has 0 unspecified atom stereocenters. The molecule has 0 aliphatic carbocycles. The predicted octanol–water partition coefficient (Wildman–Crippen LogP) is 3.15. The number of halogens is 1. The molecule has 3 rings (SSSR count). The first-order valence-electron chi connectivity index (χ1n) is 9.24. The van der Waals surface area contributed by atoms with Gasteiger partial charge in [-0.15, -0.1) is 0 Å². The van der Waals surface area contributed by atoms with E-state index in [0.717, 1.165) is 23.3 Å². The van der Waals surface area contributed by atoms with E-state index in [0.29, 0.717) is 36.7 Å². The van der Waals surface area contributed by atoms with Crippen LogP contribution in [0.15, 0.2) is 33.4 Å². The van der Waals surface area contributed by atoms with Crippen molar-refractivity contribution in [3.63, 3.8) is 0 Å². The largest absolute Gasteiger partial charge is 0.490 e. The minimum absolute atomic E-state index is 0.0815. The van der Waals surface area contributed by atoms with E-state index < -0.39 is 5.91 Å². The molecule has 0 fully saturated rings. The van der Waals surface area contributed by atoms with E-state index in [1.54, 1.807) is 17.0 Å². The Morgan fingerprint density at radius 1 is 1.14 bits per heavy atom. The zero-order valence-corrected chi connectivity index (χ0v) is 17.5. The third kappa shape index (κ3) is 4.67. The number of hydrogen-bond donors (Lipinski definition) is 1. The van der Waals surface area contributed by atoms with Gasteiger partial charge in [-0.2, -0.15) is 0 Å². The Morgan fingerprint density at radius 2 is 1.82 bits per heavy atom. The summed E-state index contributed by atoms with van der Waals surface area (Å²) in [5.74, 6) is 1.02. The molecule has 0 saturated carbocycles. The van der Waals surface area contributed by atoms with Crippen LogP contribution >= 0.6 is 15.9 Å². The Kier molecular flexibility index (Phi) is 6.61. The molecule has 0 bridgehead atoms. The number of fused-ring (bicyclic) bond motifs is 1. The second kappa shape index (κ2) is 9.14. The lowest BCUT2D eigenvalue weighted by Crippen LogP contribution is -2.42. The number of benzene rings is 1. The number of ether oxygens (including phenoxy) is 2. The van der Waals surface area contributed by atoms with Crippen molar-refractivity contribution in [1.82, 2.24) is 10.2 Å². The van der Waals surface area contributed by atoms with Crippen LogP contribution in [0.2, 0.25) is 0 Å². The molecule has 1 aromatic heterocycles. The number of amides is 2. The molecule has 0 atom stereocenters. The van der Waals surface area contributed by atoms with Gasteiger partial charge in [-0.05, 0) is 71.6 Å². The molecule has 0 saturated heterocycles. The summed E-state index contributed by atoms with van der Waals surface area (Å²) in [6, 6.07) is 7.13. The van der Waals surface area contributed by atoms with E-state index in [2.05, 4.69) is 21.2 Å². The first-order valence-corrected chi connectivity index (χ1v) is 10.0. The highest BCUT2D eigenvalue weighted by Crippen LogP contribution is 2.33. The molecule has 150 valence electrons. The second-order valence-electron chi connectivity index (χ2n) is 6.29. The minimum atomic E-state index is -0.420. The second-order valence-corrected chi connectivity index (χ2v) is 7.07. The highest BCUT2D eigenvalue weighted by atomic mass is 79.9. The molecular formula is C20H23BrN2O5. The lowest BCUT2D eigenvalue weighted by atomic mass is 9.98. The van der Waals surface area contributed by atoms with Crippen molar-refractivity contribution in [3.8, 4) is 11.5 Å². The van der Waals surface area contributed by atoms with Gasteiger partial charge in [0.05, 0.1) is 19.8 Å². The van der Waals surface area contributed by atoms with Gasteiger partial charge in [0.2, 0.25) is 5.91 Å². The zero-order valence-electron chi connectivity index (χ0n) is 15.9. The van der Waals surface area contributed by atoms with Gasteiger partial charge in [-0.25, -0.2) is 0 Å². The standard InChI is InChI=1S/C20H23BrN2O5/c1-3-26-16-9-13-7-8-23(12-14(13)10-17(16)27-4-2)19(24)11-22-20(25)15-5-6-18(21)28-15/h5-6,9-10H,3-4,7-8,11-12H2,1-2H3,(H,22,25). The van der Waals surface area contributed by atoms with Crippen LogP contribution in [0.3, 0.4) is 0 Å². The van der Waals surface area contributed by atoms with Crippen LogP contribution in [0.4, 0.5) is 0 Å². The van der Waals surface area contributed by atoms with Crippen LogP contribution in [0.1, 0.15) is 35.5 Å². The third-order valence-corrected chi connectivity index (χ3v) is 4.85. The fourth-order valence-corrected chi connectivity index (χ4v) is 3.41. The predicted molar refractivity (Wildman–Crippen MR) is 107 cm³/mol. The maximum atomic E-state index is 12.5. The summed E-state index contributed by atoms with van der Waals surface area (Å²) in [5.41, 5.74) is 2.19. The number of carbonyl (C=O) groups is 2. The van der Waals surface area contributed by atoms with E-state index in [-0.39, 0.29) is 18.2 Å². The summed E-state index contributed by atoms with van der Waals surface area (Å²) in [7, 11) is 0. The molecule has 0 radical (unpaired) electrons. The van der Waals surface area contributed by atoms with Gasteiger partial charge in [-0.3, -0.25) is 9.59 Å². The van der Waals surface area contributed by atoms with Crippen molar-refractivity contribution in [2.75, 3.05) is 26.3 Å². The van der Waals surface area contributed by atoms with Crippen LogP contribution in [-0.2, 0) is 17.8 Å². The molecule has 1 aromatic carbocycles. The van der Waals surface area contributed by atoms with Crippen LogP contribution in [0.25, 0.3) is 0 Å². The Balaban J connectivity index is 1.64. The molecule has 2 aromatic rings. The first-order chi connectivity index (χ1) is 13.5. The van der Waals surface area contributed by atoms with E-state index in [9.17, 15) is 9.59 Å². The summed E-state index contributed by atoms with van der Waals surface area (Å²) in [4.78, 5) is 26.3. The molecule has 8 heteroatoms. The fraction of sp³-hybridized carbons (Fsp3) is 0.400. The van der Waals surface area contributed by atoms with E-state index in [1.807, 2.05) is 26.0 Å². The molecule has 1 aliphatic rings. The van der Waals surface area contributed by atoms with Crippen molar-refractivity contribution >= 4 is 27.7 Å². The normalized spacial score (nSPS) is 13.0. The third-order valence-electron chi connectivity index (χ3n) is 4.43. The summed E-state index contributed by atoms with van der Waals surface area (Å²) in [6.07, 6.45) is 0.729. The topological polar surface area (TPSA) is 81.0 Å². The van der Waals surface area contributed by atoms with Crippen LogP contribution in [0, 0.1) is 0 Å². The Bertz CT molecular complexity index is 864. The van der Waals surface area contributed by atoms with Crippen LogP contribution < -0.4 is 14.8 Å². The molecule has 0 spiro atoms. The van der Waals surface area contributed by atoms with E-state index in [1.165, 1.54) is 0 Å².